The average molecular weight is 453 g/mol. The number of benzene rings is 2. The van der Waals surface area contributed by atoms with Gasteiger partial charge in [0.2, 0.25) is 0 Å². The lowest BCUT2D eigenvalue weighted by Gasteiger charge is -2.08. The van der Waals surface area contributed by atoms with E-state index in [1.807, 2.05) is 22.8 Å². The van der Waals surface area contributed by atoms with Gasteiger partial charge >= 0.3 is 0 Å². The van der Waals surface area contributed by atoms with Gasteiger partial charge in [-0.15, -0.1) is 0 Å². The molecule has 0 spiro atoms. The molecule has 0 aliphatic carbocycles. The van der Waals surface area contributed by atoms with E-state index in [1.165, 1.54) is 0 Å². The summed E-state index contributed by atoms with van der Waals surface area (Å²) in [5.74, 6) is 0. The first-order valence-corrected chi connectivity index (χ1v) is 8.27. The minimum Gasteiger partial charge on any atom is -0.330 e. The lowest BCUT2D eigenvalue weighted by atomic mass is 10.3. The number of H-pyrrole nitrogens is 1. The Morgan fingerprint density at radius 2 is 1.75 bits per heavy atom. The fourth-order valence-corrected chi connectivity index (χ4v) is 3.86. The fourth-order valence-electron chi connectivity index (χ4n) is 2.00. The number of rotatable bonds is 1. The molecular weight excluding hydrogens is 447 g/mol. The van der Waals surface area contributed by atoms with Crippen molar-refractivity contribution in [3.8, 4) is 5.69 Å². The number of fused-ring (bicyclic) bond motifs is 1. The number of hydrogen-bond acceptors (Lipinski definition) is 1. The third kappa shape index (κ3) is 2.46. The first-order valence-electron chi connectivity index (χ1n) is 5.52. The molecule has 20 heavy (non-hydrogen) atoms. The molecule has 1 N–H and O–H groups in total. The first kappa shape index (κ1) is 14.6. The summed E-state index contributed by atoms with van der Waals surface area (Å²) in [6.07, 6.45) is 0. The summed E-state index contributed by atoms with van der Waals surface area (Å²) < 4.78 is 4.42. The molecule has 3 aromatic rings. The fraction of sp³-hybridized carbons (Fsp3) is 0. The number of halogens is 4. The molecule has 3 rings (SSSR count). The van der Waals surface area contributed by atoms with E-state index in [2.05, 4.69) is 36.8 Å². The molecule has 1 heterocycles. The summed E-state index contributed by atoms with van der Waals surface area (Å²) in [6.45, 7) is 0. The monoisotopic (exact) mass is 450 g/mol. The Balaban J connectivity index is 2.39. The van der Waals surface area contributed by atoms with Crippen LogP contribution in [-0.4, -0.2) is 9.55 Å². The molecule has 0 radical (unpaired) electrons. The smallest absolute Gasteiger partial charge is 0.182 e. The maximum absolute atomic E-state index is 6.11. The van der Waals surface area contributed by atoms with Crippen molar-refractivity contribution in [1.82, 2.24) is 9.55 Å². The summed E-state index contributed by atoms with van der Waals surface area (Å²) in [7, 11) is 0. The Hall–Kier alpha value is -0.330. The van der Waals surface area contributed by atoms with Crippen LogP contribution >= 0.6 is 67.3 Å². The Morgan fingerprint density at radius 3 is 2.45 bits per heavy atom. The molecule has 0 aliphatic heterocycles. The molecule has 0 saturated heterocycles. The van der Waals surface area contributed by atoms with Gasteiger partial charge in [0.05, 0.1) is 26.8 Å². The Labute approximate surface area is 147 Å². The summed E-state index contributed by atoms with van der Waals surface area (Å²) >= 11 is 24.5. The third-order valence-corrected chi connectivity index (χ3v) is 5.01. The highest BCUT2D eigenvalue weighted by Gasteiger charge is 2.12. The topological polar surface area (TPSA) is 20.7 Å². The highest BCUT2D eigenvalue weighted by Crippen LogP contribution is 2.32. The quantitative estimate of drug-likeness (QED) is 0.417. The van der Waals surface area contributed by atoms with Gasteiger partial charge < -0.3 is 4.98 Å². The van der Waals surface area contributed by atoms with Gasteiger partial charge in [-0.1, -0.05) is 39.1 Å². The number of nitrogens with one attached hydrogen (secondary N) is 1. The van der Waals surface area contributed by atoms with Gasteiger partial charge in [0.1, 0.15) is 0 Å². The van der Waals surface area contributed by atoms with Gasteiger partial charge in [-0.25, -0.2) is 0 Å². The van der Waals surface area contributed by atoms with Gasteiger partial charge in [-0.05, 0) is 58.5 Å². The van der Waals surface area contributed by atoms with E-state index < -0.39 is 0 Å². The second kappa shape index (κ2) is 5.46. The van der Waals surface area contributed by atoms with E-state index in [4.69, 9.17) is 35.4 Å². The van der Waals surface area contributed by atoms with Crippen LogP contribution in [0.15, 0.2) is 39.3 Å². The molecule has 0 bridgehead atoms. The Bertz CT molecular complexity index is 886. The highest BCUT2D eigenvalue weighted by molar-refractivity contribution is 9.11. The van der Waals surface area contributed by atoms with Crippen molar-refractivity contribution in [1.29, 1.82) is 0 Å². The molecular formula is C13H6Br2Cl2N2S. The molecule has 2 nitrogen and oxygen atoms in total. The maximum atomic E-state index is 6.11. The van der Waals surface area contributed by atoms with Crippen molar-refractivity contribution in [2.75, 3.05) is 0 Å². The van der Waals surface area contributed by atoms with Crippen molar-refractivity contribution in [3.63, 3.8) is 0 Å². The zero-order valence-electron chi connectivity index (χ0n) is 9.75. The number of nitrogens with zero attached hydrogens (tertiary/aromatic N) is 1. The average Bonchev–Trinajstić information content (AvgIpc) is 2.66. The normalized spacial score (nSPS) is 11.2. The largest absolute Gasteiger partial charge is 0.330 e. The van der Waals surface area contributed by atoms with Crippen LogP contribution in [0.5, 0.6) is 0 Å². The van der Waals surface area contributed by atoms with Crippen molar-refractivity contribution < 1.29 is 0 Å². The van der Waals surface area contributed by atoms with Crippen LogP contribution in [0.3, 0.4) is 0 Å². The zero-order valence-corrected chi connectivity index (χ0v) is 15.3. The highest BCUT2D eigenvalue weighted by atomic mass is 79.9. The predicted octanol–water partition coefficient (Wildman–Crippen LogP) is 6.52. The predicted molar refractivity (Wildman–Crippen MR) is 93.9 cm³/mol. The standard InChI is InChI=1S/C13H6Br2Cl2N2S/c14-6-1-2-11(7(15)3-6)19-12-5-9(17)8(16)4-10(12)18-13(19)20/h1-5H,(H,18,20). The van der Waals surface area contributed by atoms with Crippen molar-refractivity contribution in [2.45, 2.75) is 0 Å². The summed E-state index contributed by atoms with van der Waals surface area (Å²) in [5.41, 5.74) is 2.66. The van der Waals surface area contributed by atoms with Crippen LogP contribution in [0.1, 0.15) is 0 Å². The van der Waals surface area contributed by atoms with Gasteiger partial charge in [-0.3, -0.25) is 4.57 Å². The number of hydrogen-bond donors (Lipinski definition) is 1. The zero-order chi connectivity index (χ0) is 14.4. The first-order chi connectivity index (χ1) is 9.47. The van der Waals surface area contributed by atoms with E-state index in [-0.39, 0.29) is 0 Å². The van der Waals surface area contributed by atoms with Gasteiger partial charge in [-0.2, -0.15) is 0 Å². The van der Waals surface area contributed by atoms with E-state index in [0.717, 1.165) is 25.7 Å². The Morgan fingerprint density at radius 1 is 1.05 bits per heavy atom. The van der Waals surface area contributed by atoms with E-state index >= 15 is 0 Å². The SMILES string of the molecule is S=c1[nH]c2cc(Cl)c(Cl)cc2n1-c1ccc(Br)cc1Br. The molecule has 0 unspecified atom stereocenters. The summed E-state index contributed by atoms with van der Waals surface area (Å²) in [6, 6.07) is 9.48. The minimum absolute atomic E-state index is 0.496. The van der Waals surface area contributed by atoms with Crippen LogP contribution in [0, 0.1) is 4.77 Å². The second-order valence-corrected chi connectivity index (χ2v) is 7.12. The summed E-state index contributed by atoms with van der Waals surface area (Å²) in [4.78, 5) is 3.14. The van der Waals surface area contributed by atoms with Gasteiger partial charge in [0, 0.05) is 8.95 Å². The second-order valence-electron chi connectivity index (χ2n) is 4.14. The molecule has 0 saturated carbocycles. The molecule has 0 atom stereocenters. The molecule has 102 valence electrons. The molecule has 1 aromatic heterocycles. The van der Waals surface area contributed by atoms with Crippen LogP contribution in [0.2, 0.25) is 10.0 Å². The molecule has 0 aliphatic rings. The van der Waals surface area contributed by atoms with Crippen molar-refractivity contribution in [3.05, 3.63) is 54.1 Å². The number of aromatic amines is 1. The van der Waals surface area contributed by atoms with Crippen LogP contribution in [-0.2, 0) is 0 Å². The number of imidazole rings is 1. The van der Waals surface area contributed by atoms with Crippen LogP contribution in [0.4, 0.5) is 0 Å². The molecule has 7 heteroatoms. The van der Waals surface area contributed by atoms with Gasteiger partial charge in [0.15, 0.2) is 4.77 Å². The molecule has 0 amide bonds. The van der Waals surface area contributed by atoms with E-state index in [1.54, 1.807) is 12.1 Å². The minimum atomic E-state index is 0.496. The van der Waals surface area contributed by atoms with E-state index in [0.29, 0.717) is 14.8 Å². The maximum Gasteiger partial charge on any atom is 0.182 e. The summed E-state index contributed by atoms with van der Waals surface area (Å²) in [5, 5.41) is 0.993. The van der Waals surface area contributed by atoms with E-state index in [9.17, 15) is 0 Å². The third-order valence-electron chi connectivity index (χ3n) is 2.87. The lowest BCUT2D eigenvalue weighted by molar-refractivity contribution is 1.06. The van der Waals surface area contributed by atoms with Crippen LogP contribution in [0.25, 0.3) is 16.7 Å². The van der Waals surface area contributed by atoms with Gasteiger partial charge in [0.25, 0.3) is 0 Å². The van der Waals surface area contributed by atoms with Crippen molar-refractivity contribution >= 4 is 78.3 Å². The van der Waals surface area contributed by atoms with Crippen molar-refractivity contribution in [2.24, 2.45) is 0 Å². The lowest BCUT2D eigenvalue weighted by Crippen LogP contribution is -1.95. The Kier molecular flexibility index (Phi) is 3.99. The van der Waals surface area contributed by atoms with Crippen LogP contribution < -0.4 is 0 Å². The molecule has 2 aromatic carbocycles. The molecule has 0 fully saturated rings. The number of aromatic nitrogens is 2.